The van der Waals surface area contributed by atoms with E-state index in [0.717, 1.165) is 5.56 Å². The average Bonchev–Trinajstić information content (AvgIpc) is 2.40. The smallest absolute Gasteiger partial charge is 0.748 e. The van der Waals surface area contributed by atoms with E-state index < -0.39 is 21.4 Å². The van der Waals surface area contributed by atoms with Crippen LogP contribution in [0.3, 0.4) is 0 Å². The van der Waals surface area contributed by atoms with Crippen molar-refractivity contribution >= 4 is 21.7 Å². The fourth-order valence-electron chi connectivity index (χ4n) is 2.03. The predicted octanol–water partition coefficient (Wildman–Crippen LogP) is -1.74. The van der Waals surface area contributed by atoms with Crippen LogP contribution in [0.2, 0.25) is 0 Å². The Morgan fingerprint density at radius 1 is 1.29 bits per heavy atom. The number of carbonyl (C=O) groups is 1. The van der Waals surface area contributed by atoms with E-state index in [0.29, 0.717) is 5.71 Å². The molecule has 1 N–H and O–H groups in total. The normalized spacial score (nSPS) is 12.2. The van der Waals surface area contributed by atoms with Crippen LogP contribution in [-0.4, -0.2) is 42.5 Å². The van der Waals surface area contributed by atoms with Crippen LogP contribution in [-0.2, 0) is 19.8 Å². The minimum Gasteiger partial charge on any atom is -0.748 e. The Labute approximate surface area is 164 Å². The molecule has 0 atom stereocenters. The SMILES string of the molecule is CC(=O)NC(C)(C)C(=NOCCCS(=O)(=O)[O-])c1ccccc1.[Na+]. The number of oxime groups is 1. The standard InChI is InChI=1S/C15H22N2O5S.Na/c1-12(18)16-15(2,3)14(13-8-5-4-6-9-13)17-22-10-7-11-23(19,20)21;/h4-6,8-9H,7,10-11H2,1-3H3,(H,16,18)(H,19,20,21);/q;+1/p-1. The van der Waals surface area contributed by atoms with Crippen molar-refractivity contribution in [3.8, 4) is 0 Å². The number of rotatable bonds is 8. The molecule has 128 valence electrons. The Morgan fingerprint density at radius 3 is 2.38 bits per heavy atom. The minimum absolute atomic E-state index is 0. The molecule has 0 saturated heterocycles. The van der Waals surface area contributed by atoms with Gasteiger partial charge in [0.25, 0.3) is 0 Å². The molecule has 7 nitrogen and oxygen atoms in total. The van der Waals surface area contributed by atoms with Crippen molar-refractivity contribution in [3.05, 3.63) is 35.9 Å². The van der Waals surface area contributed by atoms with Gasteiger partial charge in [0.05, 0.1) is 15.7 Å². The average molecular weight is 364 g/mol. The number of nitrogens with zero attached hydrogens (tertiary/aromatic N) is 1. The largest absolute Gasteiger partial charge is 1.00 e. The molecule has 0 spiro atoms. The Morgan fingerprint density at radius 2 is 1.88 bits per heavy atom. The van der Waals surface area contributed by atoms with Gasteiger partial charge >= 0.3 is 29.6 Å². The van der Waals surface area contributed by atoms with Crippen LogP contribution in [0.1, 0.15) is 32.8 Å². The molecule has 0 heterocycles. The molecule has 1 aromatic rings. The summed E-state index contributed by atoms with van der Waals surface area (Å²) >= 11 is 0. The maximum absolute atomic E-state index is 11.4. The van der Waals surface area contributed by atoms with Crippen molar-refractivity contribution in [2.24, 2.45) is 5.16 Å². The van der Waals surface area contributed by atoms with Crippen molar-refractivity contribution in [2.75, 3.05) is 12.4 Å². The molecule has 0 aliphatic heterocycles. The molecular formula is C15H21N2NaO5S. The van der Waals surface area contributed by atoms with Crippen molar-refractivity contribution in [3.63, 3.8) is 0 Å². The molecule has 1 amide bonds. The quantitative estimate of drug-likeness (QED) is 0.194. The summed E-state index contributed by atoms with van der Waals surface area (Å²) in [5, 5.41) is 6.83. The van der Waals surface area contributed by atoms with E-state index in [4.69, 9.17) is 4.84 Å². The first-order valence-electron chi connectivity index (χ1n) is 7.10. The summed E-state index contributed by atoms with van der Waals surface area (Å²) in [4.78, 5) is 16.5. The Balaban J connectivity index is 0.00000529. The molecule has 0 saturated carbocycles. The van der Waals surface area contributed by atoms with Gasteiger partial charge in [-0.1, -0.05) is 35.5 Å². The summed E-state index contributed by atoms with van der Waals surface area (Å²) in [6.45, 7) is 4.97. The van der Waals surface area contributed by atoms with Crippen molar-refractivity contribution < 1.29 is 52.2 Å². The van der Waals surface area contributed by atoms with Crippen LogP contribution < -0.4 is 34.9 Å². The zero-order chi connectivity index (χ0) is 17.5. The number of amides is 1. The van der Waals surface area contributed by atoms with E-state index in [1.807, 2.05) is 30.3 Å². The van der Waals surface area contributed by atoms with Gasteiger partial charge in [-0.25, -0.2) is 8.42 Å². The minimum atomic E-state index is -4.26. The van der Waals surface area contributed by atoms with E-state index in [2.05, 4.69) is 10.5 Å². The predicted molar refractivity (Wildman–Crippen MR) is 86.0 cm³/mol. The van der Waals surface area contributed by atoms with E-state index >= 15 is 0 Å². The van der Waals surface area contributed by atoms with Crippen LogP contribution >= 0.6 is 0 Å². The van der Waals surface area contributed by atoms with Gasteiger partial charge in [0.2, 0.25) is 5.91 Å². The fourth-order valence-corrected chi connectivity index (χ4v) is 2.50. The van der Waals surface area contributed by atoms with Gasteiger partial charge in [0.15, 0.2) is 0 Å². The third-order valence-electron chi connectivity index (χ3n) is 2.91. The van der Waals surface area contributed by atoms with Crippen LogP contribution in [0.4, 0.5) is 0 Å². The van der Waals surface area contributed by atoms with Gasteiger partial charge in [-0.3, -0.25) is 4.79 Å². The molecule has 0 aliphatic carbocycles. The topological polar surface area (TPSA) is 108 Å². The molecule has 1 rings (SSSR count). The maximum atomic E-state index is 11.4. The van der Waals surface area contributed by atoms with E-state index in [9.17, 15) is 17.8 Å². The van der Waals surface area contributed by atoms with E-state index in [-0.39, 0.29) is 48.5 Å². The van der Waals surface area contributed by atoms with Crippen LogP contribution in [0.5, 0.6) is 0 Å². The first kappa shape index (κ1) is 23.1. The van der Waals surface area contributed by atoms with Gasteiger partial charge in [0, 0.05) is 18.2 Å². The molecule has 0 radical (unpaired) electrons. The van der Waals surface area contributed by atoms with Gasteiger partial charge in [-0.05, 0) is 20.3 Å². The molecule has 9 heteroatoms. The van der Waals surface area contributed by atoms with E-state index in [1.165, 1.54) is 6.92 Å². The molecule has 0 fully saturated rings. The second-order valence-electron chi connectivity index (χ2n) is 5.56. The summed E-state index contributed by atoms with van der Waals surface area (Å²) in [6.07, 6.45) is 0.0535. The summed E-state index contributed by atoms with van der Waals surface area (Å²) < 4.78 is 31.6. The maximum Gasteiger partial charge on any atom is 1.00 e. The third-order valence-corrected chi connectivity index (χ3v) is 3.70. The zero-order valence-corrected chi connectivity index (χ0v) is 17.2. The molecule has 24 heavy (non-hydrogen) atoms. The summed E-state index contributed by atoms with van der Waals surface area (Å²) in [5.74, 6) is -0.714. The van der Waals surface area contributed by atoms with Crippen molar-refractivity contribution in [2.45, 2.75) is 32.7 Å². The van der Waals surface area contributed by atoms with Gasteiger partial charge < -0.3 is 14.7 Å². The van der Waals surface area contributed by atoms with Crippen LogP contribution in [0.15, 0.2) is 35.5 Å². The van der Waals surface area contributed by atoms with Gasteiger partial charge in [0.1, 0.15) is 12.3 Å². The number of hydrogen-bond donors (Lipinski definition) is 1. The molecule has 0 aromatic heterocycles. The monoisotopic (exact) mass is 364 g/mol. The second kappa shape index (κ2) is 10.1. The second-order valence-corrected chi connectivity index (χ2v) is 7.08. The zero-order valence-electron chi connectivity index (χ0n) is 14.4. The number of carbonyl (C=O) groups excluding carboxylic acids is 1. The Kier molecular flexibility index (Phi) is 9.76. The molecule has 1 aromatic carbocycles. The number of benzene rings is 1. The Bertz CT molecular complexity index is 660. The first-order valence-corrected chi connectivity index (χ1v) is 8.68. The van der Waals surface area contributed by atoms with Gasteiger partial charge in [-0.2, -0.15) is 0 Å². The Hall–Kier alpha value is -0.930. The summed E-state index contributed by atoms with van der Waals surface area (Å²) in [5.41, 5.74) is 0.485. The van der Waals surface area contributed by atoms with Crippen LogP contribution in [0, 0.1) is 0 Å². The van der Waals surface area contributed by atoms with Crippen LogP contribution in [0.25, 0.3) is 0 Å². The molecule has 0 aliphatic rings. The first-order chi connectivity index (χ1) is 10.6. The van der Waals surface area contributed by atoms with Crippen molar-refractivity contribution in [1.29, 1.82) is 0 Å². The van der Waals surface area contributed by atoms with E-state index in [1.54, 1.807) is 13.8 Å². The summed E-state index contributed by atoms with van der Waals surface area (Å²) in [7, 11) is -4.26. The number of hydrogen-bond acceptors (Lipinski definition) is 6. The number of nitrogens with one attached hydrogen (secondary N) is 1. The molecule has 0 bridgehead atoms. The summed E-state index contributed by atoms with van der Waals surface area (Å²) in [6, 6.07) is 9.17. The fraction of sp³-hybridized carbons (Fsp3) is 0.467. The molecule has 0 unspecified atom stereocenters. The molecular weight excluding hydrogens is 343 g/mol. The van der Waals surface area contributed by atoms with Gasteiger partial charge in [-0.15, -0.1) is 0 Å². The van der Waals surface area contributed by atoms with Crippen molar-refractivity contribution in [1.82, 2.24) is 5.32 Å². The third kappa shape index (κ3) is 8.79.